The summed E-state index contributed by atoms with van der Waals surface area (Å²) in [6.45, 7) is 3.33. The molecule has 2 N–H and O–H groups in total. The first kappa shape index (κ1) is 20.0. The Labute approximate surface area is 178 Å². The van der Waals surface area contributed by atoms with Crippen molar-refractivity contribution in [1.29, 1.82) is 0 Å². The van der Waals surface area contributed by atoms with Crippen LogP contribution in [0.2, 0.25) is 5.02 Å². The van der Waals surface area contributed by atoms with Crippen LogP contribution in [-0.2, 0) is 16.6 Å². The highest BCUT2D eigenvalue weighted by atomic mass is 35.5. The molecule has 2 amide bonds. The number of rotatable bonds is 5. The molecule has 0 saturated carbocycles. The summed E-state index contributed by atoms with van der Waals surface area (Å²) < 4.78 is 12.9. The van der Waals surface area contributed by atoms with Gasteiger partial charge < -0.3 is 19.8 Å². The second-order valence-electron chi connectivity index (χ2n) is 7.58. The third kappa shape index (κ3) is 3.78. The number of nitrogens with zero attached hydrogens (tertiary/aromatic N) is 2. The first-order chi connectivity index (χ1) is 14.2. The van der Waals surface area contributed by atoms with E-state index < -0.39 is 5.60 Å². The number of anilines is 2. The molecule has 3 heterocycles. The molecule has 156 valence electrons. The molecule has 0 spiro atoms. The first-order valence-electron chi connectivity index (χ1n) is 9.41. The Kier molecular flexibility index (Phi) is 5.03. The number of carbonyl (C=O) groups is 2. The number of halogens is 1. The maximum absolute atomic E-state index is 13.0. The molecule has 0 fully saturated rings. The largest absolute Gasteiger partial charge is 0.478 e. The first-order valence-corrected chi connectivity index (χ1v) is 9.78. The van der Waals surface area contributed by atoms with Gasteiger partial charge in [0, 0.05) is 18.5 Å². The van der Waals surface area contributed by atoms with Crippen molar-refractivity contribution in [2.45, 2.75) is 31.8 Å². The third-order valence-electron chi connectivity index (χ3n) is 4.93. The van der Waals surface area contributed by atoms with Gasteiger partial charge in [0.15, 0.2) is 11.4 Å². The fraction of sp³-hybridized carbons (Fsp3) is 0.286. The summed E-state index contributed by atoms with van der Waals surface area (Å²) >= 11 is 5.91. The molecule has 4 rings (SSSR count). The number of carbonyl (C=O) groups excluding carboxylic acids is 2. The van der Waals surface area contributed by atoms with E-state index in [0.29, 0.717) is 33.7 Å². The van der Waals surface area contributed by atoms with Crippen LogP contribution in [0.15, 0.2) is 47.1 Å². The van der Waals surface area contributed by atoms with Crippen LogP contribution in [0.4, 0.5) is 11.6 Å². The van der Waals surface area contributed by atoms with E-state index in [2.05, 4.69) is 15.7 Å². The highest BCUT2D eigenvalue weighted by Crippen LogP contribution is 2.41. The molecule has 9 heteroatoms. The number of ether oxygens (including phenoxy) is 1. The molecule has 0 radical (unpaired) electrons. The summed E-state index contributed by atoms with van der Waals surface area (Å²) in [5, 5.41) is 10.7. The highest BCUT2D eigenvalue weighted by Gasteiger charge is 2.37. The number of aromatic nitrogens is 2. The predicted octanol–water partition coefficient (Wildman–Crippen LogP) is 3.94. The summed E-state index contributed by atoms with van der Waals surface area (Å²) in [6.07, 6.45) is 1.75. The summed E-state index contributed by atoms with van der Waals surface area (Å²) in [4.78, 5) is 25.2. The van der Waals surface area contributed by atoms with Crippen molar-refractivity contribution >= 4 is 35.1 Å². The number of hydrogen-bond acceptors (Lipinski definition) is 5. The Hall–Kier alpha value is -3.26. The Morgan fingerprint density at radius 2 is 2.07 bits per heavy atom. The smallest absolute Gasteiger partial charge is 0.269 e. The van der Waals surface area contributed by atoms with E-state index in [9.17, 15) is 9.59 Å². The Morgan fingerprint density at radius 1 is 1.33 bits per heavy atom. The lowest BCUT2D eigenvalue weighted by Gasteiger charge is -2.26. The van der Waals surface area contributed by atoms with Gasteiger partial charge in [0.25, 0.3) is 5.91 Å². The van der Waals surface area contributed by atoms with Crippen molar-refractivity contribution in [3.05, 3.63) is 59.0 Å². The van der Waals surface area contributed by atoms with Crippen LogP contribution >= 0.6 is 11.6 Å². The normalized spacial score (nSPS) is 16.0. The summed E-state index contributed by atoms with van der Waals surface area (Å²) in [7, 11) is 1.70. The fourth-order valence-electron chi connectivity index (χ4n) is 3.42. The SMILES string of the molecule is Cn1nc(NC(=O)C(C)(C)Oc2ccc(Cl)cc2)c2c1NC(=O)C[C@H]2c1ccco1. The second kappa shape index (κ2) is 7.53. The minimum absolute atomic E-state index is 0.142. The lowest BCUT2D eigenvalue weighted by atomic mass is 9.91. The molecule has 0 aliphatic carbocycles. The van der Waals surface area contributed by atoms with Crippen molar-refractivity contribution in [2.75, 3.05) is 10.6 Å². The highest BCUT2D eigenvalue weighted by molar-refractivity contribution is 6.30. The zero-order valence-corrected chi connectivity index (χ0v) is 17.5. The van der Waals surface area contributed by atoms with Gasteiger partial charge in [-0.05, 0) is 50.2 Å². The van der Waals surface area contributed by atoms with Crippen LogP contribution in [0.1, 0.15) is 37.5 Å². The van der Waals surface area contributed by atoms with E-state index in [-0.39, 0.29) is 24.2 Å². The van der Waals surface area contributed by atoms with E-state index in [1.807, 2.05) is 0 Å². The van der Waals surface area contributed by atoms with Gasteiger partial charge in [-0.3, -0.25) is 14.3 Å². The van der Waals surface area contributed by atoms with E-state index in [1.165, 1.54) is 4.68 Å². The molecule has 1 aliphatic rings. The minimum atomic E-state index is -1.18. The molecular weight excluding hydrogens is 408 g/mol. The molecule has 0 unspecified atom stereocenters. The summed E-state index contributed by atoms with van der Waals surface area (Å²) in [6, 6.07) is 10.3. The molecule has 8 nitrogen and oxygen atoms in total. The van der Waals surface area contributed by atoms with Gasteiger partial charge in [-0.25, -0.2) is 0 Å². The Morgan fingerprint density at radius 3 is 2.73 bits per heavy atom. The lowest BCUT2D eigenvalue weighted by Crippen LogP contribution is -2.43. The van der Waals surface area contributed by atoms with Crippen LogP contribution in [0.3, 0.4) is 0 Å². The number of hydrogen-bond donors (Lipinski definition) is 2. The molecule has 1 aliphatic heterocycles. The standard InChI is InChI=1S/C21H21ClN4O4/c1-21(2,30-13-8-6-12(22)7-9-13)20(28)24-18-17-14(15-5-4-10-29-15)11-16(27)23-19(17)26(3)25-18/h4-10,14H,11H2,1-3H3,(H,23,27)(H,24,25,28)/t14-/m0/s1. The summed E-state index contributed by atoms with van der Waals surface area (Å²) in [5.41, 5.74) is -0.487. The van der Waals surface area contributed by atoms with E-state index in [1.54, 1.807) is 63.6 Å². The predicted molar refractivity (Wildman–Crippen MR) is 112 cm³/mol. The maximum atomic E-state index is 13.0. The monoisotopic (exact) mass is 428 g/mol. The lowest BCUT2D eigenvalue weighted by molar-refractivity contribution is -0.128. The molecule has 2 aromatic heterocycles. The average Bonchev–Trinajstić information content (AvgIpc) is 3.32. The van der Waals surface area contributed by atoms with Crippen LogP contribution < -0.4 is 15.4 Å². The van der Waals surface area contributed by atoms with Crippen molar-refractivity contribution in [3.63, 3.8) is 0 Å². The van der Waals surface area contributed by atoms with Crippen LogP contribution in [0, 0.1) is 0 Å². The topological polar surface area (TPSA) is 98.4 Å². The van der Waals surface area contributed by atoms with E-state index in [0.717, 1.165) is 0 Å². The molecule has 0 bridgehead atoms. The second-order valence-corrected chi connectivity index (χ2v) is 8.01. The van der Waals surface area contributed by atoms with Gasteiger partial charge in [0.2, 0.25) is 5.91 Å². The number of aryl methyl sites for hydroxylation is 1. The molecule has 1 aromatic carbocycles. The summed E-state index contributed by atoms with van der Waals surface area (Å²) in [5.74, 6) is 1.15. The van der Waals surface area contributed by atoms with Crippen LogP contribution in [0.25, 0.3) is 0 Å². The van der Waals surface area contributed by atoms with Gasteiger partial charge in [0.1, 0.15) is 17.3 Å². The zero-order chi connectivity index (χ0) is 21.5. The van der Waals surface area contributed by atoms with Crippen molar-refractivity contribution < 1.29 is 18.7 Å². The number of amides is 2. The molecule has 0 saturated heterocycles. The fourth-order valence-corrected chi connectivity index (χ4v) is 3.54. The maximum Gasteiger partial charge on any atom is 0.269 e. The van der Waals surface area contributed by atoms with E-state index >= 15 is 0 Å². The Balaban J connectivity index is 1.62. The number of fused-ring (bicyclic) bond motifs is 1. The number of benzene rings is 1. The van der Waals surface area contributed by atoms with Gasteiger partial charge in [-0.1, -0.05) is 11.6 Å². The van der Waals surface area contributed by atoms with Crippen molar-refractivity contribution in [3.8, 4) is 5.75 Å². The zero-order valence-electron chi connectivity index (χ0n) is 16.7. The molecule has 30 heavy (non-hydrogen) atoms. The van der Waals surface area contributed by atoms with Crippen LogP contribution in [-0.4, -0.2) is 27.2 Å². The molecule has 1 atom stereocenters. The van der Waals surface area contributed by atoms with Gasteiger partial charge in [0.05, 0.1) is 17.7 Å². The van der Waals surface area contributed by atoms with Gasteiger partial charge >= 0.3 is 0 Å². The Bertz CT molecular complexity index is 1090. The van der Waals surface area contributed by atoms with E-state index in [4.69, 9.17) is 20.8 Å². The number of nitrogens with one attached hydrogen (secondary N) is 2. The average molecular weight is 429 g/mol. The van der Waals surface area contributed by atoms with Gasteiger partial charge in [-0.15, -0.1) is 0 Å². The quantitative estimate of drug-likeness (QED) is 0.641. The number of furan rings is 1. The minimum Gasteiger partial charge on any atom is -0.478 e. The van der Waals surface area contributed by atoms with Crippen LogP contribution in [0.5, 0.6) is 5.75 Å². The third-order valence-corrected chi connectivity index (χ3v) is 5.18. The molecular formula is C21H21ClN4O4. The molecule has 3 aromatic rings. The van der Waals surface area contributed by atoms with Crippen molar-refractivity contribution in [2.24, 2.45) is 7.05 Å². The van der Waals surface area contributed by atoms with Crippen molar-refractivity contribution in [1.82, 2.24) is 9.78 Å². The van der Waals surface area contributed by atoms with Gasteiger partial charge in [-0.2, -0.15) is 5.10 Å².